The second kappa shape index (κ2) is 14.1. The zero-order valence-corrected chi connectivity index (χ0v) is 20.1. The molecule has 0 nitrogen and oxygen atoms in total. The van der Waals surface area contributed by atoms with Crippen molar-refractivity contribution in [1.29, 1.82) is 0 Å². The molecule has 0 unspecified atom stereocenters. The lowest BCUT2D eigenvalue weighted by Gasteiger charge is -2.10. The van der Waals surface area contributed by atoms with Gasteiger partial charge in [0.2, 0.25) is 0 Å². The Morgan fingerprint density at radius 1 is 0.727 bits per heavy atom. The van der Waals surface area contributed by atoms with Crippen LogP contribution in [0.3, 0.4) is 0 Å². The van der Waals surface area contributed by atoms with E-state index >= 15 is 0 Å². The lowest BCUT2D eigenvalue weighted by Crippen LogP contribution is -1.94. The molecule has 0 atom stereocenters. The van der Waals surface area contributed by atoms with Crippen LogP contribution < -0.4 is 0 Å². The second-order valence-corrected chi connectivity index (χ2v) is 7.97. The van der Waals surface area contributed by atoms with E-state index in [1.165, 1.54) is 12.2 Å². The van der Waals surface area contributed by atoms with Gasteiger partial charge in [-0.2, -0.15) is 0 Å². The standard InChI is InChI=1S/C29H34F4/c1-11-12-13-22(7)26(30)27(31)23(8)20(5)16-17-21(6)25(10)29(33)28(32)24(9)19(4)15-14-18(2)3/h11-12,15-18H,5-10,13-14H2,1-4H3/b12-11-,17-16-,19-15+,27-26-,29-28-. The highest BCUT2D eigenvalue weighted by Gasteiger charge is 2.17. The Bertz CT molecular complexity index is 989. The summed E-state index contributed by atoms with van der Waals surface area (Å²) in [6.07, 6.45) is 8.52. The monoisotopic (exact) mass is 458 g/mol. The number of hydrogen-bond acceptors (Lipinski definition) is 0. The molecule has 0 spiro atoms. The third-order valence-electron chi connectivity index (χ3n) is 4.72. The fourth-order valence-electron chi connectivity index (χ4n) is 2.30. The molecule has 0 bridgehead atoms. The van der Waals surface area contributed by atoms with E-state index < -0.39 is 23.3 Å². The normalized spacial score (nSPS) is 13.8. The van der Waals surface area contributed by atoms with Crippen LogP contribution >= 0.6 is 0 Å². The lowest BCUT2D eigenvalue weighted by molar-refractivity contribution is 0.555. The molecule has 33 heavy (non-hydrogen) atoms. The Labute approximate surface area is 196 Å². The van der Waals surface area contributed by atoms with Crippen molar-refractivity contribution in [2.24, 2.45) is 5.92 Å². The van der Waals surface area contributed by atoms with Crippen LogP contribution in [-0.4, -0.2) is 0 Å². The summed E-state index contributed by atoms with van der Waals surface area (Å²) >= 11 is 0. The zero-order chi connectivity index (χ0) is 25.9. The van der Waals surface area contributed by atoms with Gasteiger partial charge in [-0.3, -0.25) is 0 Å². The molecule has 0 aliphatic rings. The first-order chi connectivity index (χ1) is 15.3. The SMILES string of the molecule is C=C(/C=C\C(=C)C(=C)/C(F)=C(/F)C(=C)/C(C)=C/CC(C)C)C(=C)/C(F)=C(/F)C(=C)C/C=C\C. The van der Waals surface area contributed by atoms with Crippen molar-refractivity contribution in [2.45, 2.75) is 40.5 Å². The zero-order valence-electron chi connectivity index (χ0n) is 20.1. The molecule has 0 saturated heterocycles. The number of hydrogen-bond donors (Lipinski definition) is 0. The van der Waals surface area contributed by atoms with Crippen molar-refractivity contribution in [1.82, 2.24) is 0 Å². The number of allylic oxidation sites excluding steroid dienone is 16. The Morgan fingerprint density at radius 3 is 1.58 bits per heavy atom. The van der Waals surface area contributed by atoms with Crippen LogP contribution in [0.2, 0.25) is 0 Å². The molecule has 0 amide bonds. The Morgan fingerprint density at radius 2 is 1.15 bits per heavy atom. The molecule has 0 aliphatic carbocycles. The van der Waals surface area contributed by atoms with E-state index in [-0.39, 0.29) is 39.9 Å². The van der Waals surface area contributed by atoms with Gasteiger partial charge < -0.3 is 0 Å². The van der Waals surface area contributed by atoms with Crippen molar-refractivity contribution in [3.63, 3.8) is 0 Å². The molecule has 4 heteroatoms. The van der Waals surface area contributed by atoms with E-state index in [1.807, 2.05) is 13.8 Å². The van der Waals surface area contributed by atoms with Crippen molar-refractivity contribution in [3.05, 3.63) is 132 Å². The summed E-state index contributed by atoms with van der Waals surface area (Å²) in [6, 6.07) is 0. The summed E-state index contributed by atoms with van der Waals surface area (Å²) in [7, 11) is 0. The van der Waals surface area contributed by atoms with E-state index in [0.29, 0.717) is 17.9 Å². The van der Waals surface area contributed by atoms with Crippen molar-refractivity contribution in [3.8, 4) is 0 Å². The third-order valence-corrected chi connectivity index (χ3v) is 4.72. The molecule has 0 aliphatic heterocycles. The maximum absolute atomic E-state index is 14.6. The highest BCUT2D eigenvalue weighted by Crippen LogP contribution is 2.31. The fourth-order valence-corrected chi connectivity index (χ4v) is 2.30. The van der Waals surface area contributed by atoms with E-state index in [1.54, 1.807) is 32.1 Å². The van der Waals surface area contributed by atoms with Crippen molar-refractivity contribution >= 4 is 0 Å². The molecular weight excluding hydrogens is 424 g/mol. The first-order valence-corrected chi connectivity index (χ1v) is 10.5. The van der Waals surface area contributed by atoms with E-state index in [4.69, 9.17) is 0 Å². The van der Waals surface area contributed by atoms with Crippen LogP contribution in [-0.2, 0) is 0 Å². The third kappa shape index (κ3) is 9.48. The summed E-state index contributed by atoms with van der Waals surface area (Å²) in [6.45, 7) is 28.9. The van der Waals surface area contributed by atoms with E-state index in [2.05, 4.69) is 39.5 Å². The van der Waals surface area contributed by atoms with E-state index in [9.17, 15) is 17.6 Å². The van der Waals surface area contributed by atoms with E-state index in [0.717, 1.165) is 0 Å². The van der Waals surface area contributed by atoms with Gasteiger partial charge >= 0.3 is 0 Å². The first kappa shape index (κ1) is 29.9. The maximum Gasteiger partial charge on any atom is 0.166 e. The summed E-state index contributed by atoms with van der Waals surface area (Å²) in [5.41, 5.74) is -0.151. The molecule has 0 fully saturated rings. The average molecular weight is 459 g/mol. The minimum absolute atomic E-state index is 0.0237. The minimum Gasteiger partial charge on any atom is -0.203 e. The molecule has 0 radical (unpaired) electrons. The number of rotatable bonds is 13. The summed E-state index contributed by atoms with van der Waals surface area (Å²) in [5.74, 6) is -4.28. The lowest BCUT2D eigenvalue weighted by atomic mass is 9.99. The smallest absolute Gasteiger partial charge is 0.166 e. The van der Waals surface area contributed by atoms with Gasteiger partial charge in [0.05, 0.1) is 0 Å². The molecular formula is C29H34F4. The molecule has 178 valence electrons. The molecule has 0 aromatic carbocycles. The Balaban J connectivity index is 5.48. The van der Waals surface area contributed by atoms with Crippen LogP contribution in [0, 0.1) is 5.92 Å². The topological polar surface area (TPSA) is 0 Å². The second-order valence-electron chi connectivity index (χ2n) is 7.97. The maximum atomic E-state index is 14.6. The predicted octanol–water partition coefficient (Wildman–Crippen LogP) is 10.1. The van der Waals surface area contributed by atoms with Crippen molar-refractivity contribution < 1.29 is 17.6 Å². The highest BCUT2D eigenvalue weighted by atomic mass is 19.2. The van der Waals surface area contributed by atoms with Crippen LogP contribution in [0.15, 0.2) is 132 Å². The predicted molar refractivity (Wildman–Crippen MR) is 135 cm³/mol. The fraction of sp³-hybridized carbons (Fsp3) is 0.241. The molecule has 0 aromatic heterocycles. The summed E-state index contributed by atoms with van der Waals surface area (Å²) < 4.78 is 57.7. The van der Waals surface area contributed by atoms with Gasteiger partial charge in [-0.05, 0) is 54.9 Å². The van der Waals surface area contributed by atoms with Gasteiger partial charge in [0.15, 0.2) is 23.3 Å². The van der Waals surface area contributed by atoms with Gasteiger partial charge in [0.25, 0.3) is 0 Å². The summed E-state index contributed by atoms with van der Waals surface area (Å²) in [4.78, 5) is 0. The molecule has 0 heterocycles. The quantitative estimate of drug-likeness (QED) is 0.146. The number of halogens is 4. The summed E-state index contributed by atoms with van der Waals surface area (Å²) in [5, 5.41) is 0. The first-order valence-electron chi connectivity index (χ1n) is 10.5. The van der Waals surface area contributed by atoms with Crippen molar-refractivity contribution in [2.75, 3.05) is 0 Å². The average Bonchev–Trinajstić information content (AvgIpc) is 2.80. The molecule has 0 N–H and O–H groups in total. The van der Waals surface area contributed by atoms with Gasteiger partial charge in [0, 0.05) is 16.7 Å². The van der Waals surface area contributed by atoms with Gasteiger partial charge in [0.1, 0.15) is 0 Å². The van der Waals surface area contributed by atoms with Crippen LogP contribution in [0.25, 0.3) is 0 Å². The molecule has 0 aromatic rings. The molecule has 0 rings (SSSR count). The van der Waals surface area contributed by atoms with Gasteiger partial charge in [-0.1, -0.05) is 83.7 Å². The van der Waals surface area contributed by atoms with Crippen LogP contribution in [0.1, 0.15) is 40.5 Å². The van der Waals surface area contributed by atoms with Gasteiger partial charge in [-0.15, -0.1) is 0 Å². The highest BCUT2D eigenvalue weighted by molar-refractivity contribution is 5.55. The minimum atomic E-state index is -1.20. The van der Waals surface area contributed by atoms with Crippen LogP contribution in [0.5, 0.6) is 0 Å². The largest absolute Gasteiger partial charge is 0.203 e. The molecule has 0 saturated carbocycles. The Hall–Kier alpha value is -3.14. The van der Waals surface area contributed by atoms with Crippen LogP contribution in [0.4, 0.5) is 17.6 Å². The Kier molecular flexibility index (Phi) is 12.8. The van der Waals surface area contributed by atoms with Gasteiger partial charge in [-0.25, -0.2) is 17.6 Å².